The lowest BCUT2D eigenvalue weighted by Gasteiger charge is -2.27. The van der Waals surface area contributed by atoms with Crippen molar-refractivity contribution in [2.75, 3.05) is 32.8 Å². The first-order valence-electron chi connectivity index (χ1n) is 6.21. The number of hydrogen-bond acceptors (Lipinski definition) is 4. The van der Waals surface area contributed by atoms with Gasteiger partial charge in [0.2, 0.25) is 5.91 Å². The second kappa shape index (κ2) is 6.46. The number of carbonyl (C=O) groups is 1. The van der Waals surface area contributed by atoms with Crippen LogP contribution in [0, 0.1) is 0 Å². The van der Waals surface area contributed by atoms with Crippen molar-refractivity contribution in [1.29, 1.82) is 0 Å². The van der Waals surface area contributed by atoms with E-state index < -0.39 is 30.7 Å². The van der Waals surface area contributed by atoms with E-state index in [4.69, 9.17) is 4.74 Å². The Hall–Kier alpha value is -0.570. The normalized spacial score (nSPS) is 31.0. The van der Waals surface area contributed by atoms with Gasteiger partial charge in [0.1, 0.15) is 0 Å². The predicted octanol–water partition coefficient (Wildman–Crippen LogP) is 0.312. The molecule has 0 aromatic heterocycles. The van der Waals surface area contributed by atoms with E-state index in [9.17, 15) is 23.1 Å². The number of morpholine rings is 1. The highest BCUT2D eigenvalue weighted by Gasteiger charge is 2.57. The van der Waals surface area contributed by atoms with Gasteiger partial charge in [0.15, 0.2) is 5.60 Å². The first kappa shape index (κ1) is 17.5. The minimum atomic E-state index is -4.70. The Morgan fingerprint density at radius 1 is 1.50 bits per heavy atom. The molecule has 118 valence electrons. The molecule has 0 saturated carbocycles. The Bertz CT molecular complexity index is 350. The summed E-state index contributed by atoms with van der Waals surface area (Å²) in [5.41, 5.74) is -2.77. The number of carbonyl (C=O) groups excluding carboxylic acids is 1. The fourth-order valence-electron chi connectivity index (χ4n) is 2.31. The molecule has 0 aliphatic carbocycles. The first-order valence-corrected chi connectivity index (χ1v) is 6.21. The Morgan fingerprint density at radius 2 is 2.20 bits per heavy atom. The zero-order valence-corrected chi connectivity index (χ0v) is 11.6. The molecule has 0 aromatic rings. The largest absolute Gasteiger partial charge is 0.419 e. The second-order valence-corrected chi connectivity index (χ2v) is 5.00. The summed E-state index contributed by atoms with van der Waals surface area (Å²) in [7, 11) is 0. The average Bonchev–Trinajstić information content (AvgIpc) is 2.74. The lowest BCUT2D eigenvalue weighted by molar-refractivity contribution is -0.253. The minimum Gasteiger partial charge on any atom is -0.379 e. The highest BCUT2D eigenvalue weighted by atomic mass is 35.5. The number of alkyl halides is 3. The summed E-state index contributed by atoms with van der Waals surface area (Å²) in [6.45, 7) is 0.959. The van der Waals surface area contributed by atoms with Crippen LogP contribution in [-0.4, -0.2) is 66.6 Å². The van der Waals surface area contributed by atoms with Crippen LogP contribution in [0.15, 0.2) is 0 Å². The van der Waals surface area contributed by atoms with Gasteiger partial charge in [-0.3, -0.25) is 4.79 Å². The molecular formula is C11H18ClF3N2O3. The zero-order chi connectivity index (χ0) is 14.1. The van der Waals surface area contributed by atoms with Crippen molar-refractivity contribution in [3.05, 3.63) is 0 Å². The summed E-state index contributed by atoms with van der Waals surface area (Å²) in [4.78, 5) is 12.9. The standard InChI is InChI=1S/C11H17F3N2O3.ClH/c12-11(13,14)10(18)1-3-16(7-10)9(17)5-8-6-15-2-4-19-8;/h8,15,18H,1-7H2;1H. The van der Waals surface area contributed by atoms with Crippen LogP contribution >= 0.6 is 12.4 Å². The summed E-state index contributed by atoms with van der Waals surface area (Å²) in [5, 5.41) is 12.5. The molecule has 0 radical (unpaired) electrons. The number of amides is 1. The van der Waals surface area contributed by atoms with Crippen molar-refractivity contribution in [2.45, 2.75) is 30.7 Å². The molecule has 2 N–H and O–H groups in total. The maximum atomic E-state index is 12.6. The van der Waals surface area contributed by atoms with E-state index in [0.717, 1.165) is 4.90 Å². The Balaban J connectivity index is 0.00000200. The molecule has 2 heterocycles. The molecular weight excluding hydrogens is 301 g/mol. The molecule has 1 amide bonds. The van der Waals surface area contributed by atoms with Crippen LogP contribution in [0.4, 0.5) is 13.2 Å². The maximum Gasteiger partial charge on any atom is 0.419 e. The molecule has 20 heavy (non-hydrogen) atoms. The van der Waals surface area contributed by atoms with E-state index in [1.54, 1.807) is 0 Å². The number of likely N-dealkylation sites (tertiary alicyclic amines) is 1. The molecule has 2 fully saturated rings. The van der Waals surface area contributed by atoms with Gasteiger partial charge in [0.05, 0.1) is 25.7 Å². The zero-order valence-electron chi connectivity index (χ0n) is 10.8. The van der Waals surface area contributed by atoms with Gasteiger partial charge in [0.25, 0.3) is 0 Å². The molecule has 0 bridgehead atoms. The van der Waals surface area contributed by atoms with E-state index in [1.165, 1.54) is 0 Å². The van der Waals surface area contributed by atoms with Crippen LogP contribution in [-0.2, 0) is 9.53 Å². The SMILES string of the molecule is Cl.O=C(CC1CNCCO1)N1CCC(O)(C(F)(F)F)C1. The summed E-state index contributed by atoms with van der Waals surface area (Å²) >= 11 is 0. The molecule has 9 heteroatoms. The second-order valence-electron chi connectivity index (χ2n) is 5.00. The van der Waals surface area contributed by atoms with Crippen molar-refractivity contribution in [3.8, 4) is 0 Å². The van der Waals surface area contributed by atoms with Gasteiger partial charge in [-0.1, -0.05) is 0 Å². The van der Waals surface area contributed by atoms with Crippen molar-refractivity contribution in [2.24, 2.45) is 0 Å². The van der Waals surface area contributed by atoms with E-state index in [1.807, 2.05) is 0 Å². The summed E-state index contributed by atoms with van der Waals surface area (Å²) in [6.07, 6.45) is -5.43. The molecule has 2 atom stereocenters. The molecule has 5 nitrogen and oxygen atoms in total. The van der Waals surface area contributed by atoms with Gasteiger partial charge in [-0.15, -0.1) is 12.4 Å². The van der Waals surface area contributed by atoms with Gasteiger partial charge in [-0.25, -0.2) is 0 Å². The molecule has 0 spiro atoms. The highest BCUT2D eigenvalue weighted by Crippen LogP contribution is 2.37. The van der Waals surface area contributed by atoms with Crippen molar-refractivity contribution >= 4 is 18.3 Å². The van der Waals surface area contributed by atoms with Crippen LogP contribution < -0.4 is 5.32 Å². The number of nitrogens with one attached hydrogen (secondary N) is 1. The number of nitrogens with zero attached hydrogens (tertiary/aromatic N) is 1. The Labute approximate surface area is 120 Å². The van der Waals surface area contributed by atoms with Crippen LogP contribution in [0.1, 0.15) is 12.8 Å². The average molecular weight is 319 g/mol. The fraction of sp³-hybridized carbons (Fsp3) is 0.909. The van der Waals surface area contributed by atoms with Crippen LogP contribution in [0.25, 0.3) is 0 Å². The van der Waals surface area contributed by atoms with E-state index in [0.29, 0.717) is 19.7 Å². The van der Waals surface area contributed by atoms with Gasteiger partial charge in [-0.05, 0) is 0 Å². The maximum absolute atomic E-state index is 12.6. The molecule has 2 unspecified atom stereocenters. The Kier molecular flexibility index (Phi) is 5.65. The number of halogens is 4. The van der Waals surface area contributed by atoms with Crippen molar-refractivity contribution in [1.82, 2.24) is 10.2 Å². The highest BCUT2D eigenvalue weighted by molar-refractivity contribution is 5.85. The number of aliphatic hydroxyl groups is 1. The quantitative estimate of drug-likeness (QED) is 0.769. The van der Waals surface area contributed by atoms with Crippen LogP contribution in [0.5, 0.6) is 0 Å². The first-order chi connectivity index (χ1) is 8.82. The third kappa shape index (κ3) is 3.75. The number of hydrogen-bond donors (Lipinski definition) is 2. The number of ether oxygens (including phenoxy) is 1. The van der Waals surface area contributed by atoms with Crippen LogP contribution in [0.3, 0.4) is 0 Å². The summed E-state index contributed by atoms with van der Waals surface area (Å²) in [5.74, 6) is -0.408. The Morgan fingerprint density at radius 3 is 2.70 bits per heavy atom. The van der Waals surface area contributed by atoms with E-state index in [2.05, 4.69) is 5.32 Å². The summed E-state index contributed by atoms with van der Waals surface area (Å²) in [6, 6.07) is 0. The molecule has 2 saturated heterocycles. The topological polar surface area (TPSA) is 61.8 Å². The lowest BCUT2D eigenvalue weighted by atomic mass is 10.0. The van der Waals surface area contributed by atoms with E-state index in [-0.39, 0.29) is 31.5 Å². The monoisotopic (exact) mass is 318 g/mol. The van der Waals surface area contributed by atoms with Crippen molar-refractivity contribution < 1.29 is 27.8 Å². The third-order valence-electron chi connectivity index (χ3n) is 3.53. The van der Waals surface area contributed by atoms with Crippen LogP contribution in [0.2, 0.25) is 0 Å². The van der Waals surface area contributed by atoms with Crippen molar-refractivity contribution in [3.63, 3.8) is 0 Å². The molecule has 2 aliphatic rings. The molecule has 2 aliphatic heterocycles. The van der Waals surface area contributed by atoms with E-state index >= 15 is 0 Å². The van der Waals surface area contributed by atoms with Gasteiger partial charge < -0.3 is 20.1 Å². The number of β-amino-alcohol motifs (C(OH)–C–C–N with tert-alkyl or cyclic N) is 1. The van der Waals surface area contributed by atoms with Gasteiger partial charge in [-0.2, -0.15) is 13.2 Å². The minimum absolute atomic E-state index is 0. The third-order valence-corrected chi connectivity index (χ3v) is 3.53. The van der Waals surface area contributed by atoms with Gasteiger partial charge in [0, 0.05) is 26.1 Å². The lowest BCUT2D eigenvalue weighted by Crippen LogP contribution is -2.48. The van der Waals surface area contributed by atoms with Gasteiger partial charge >= 0.3 is 6.18 Å². The number of rotatable bonds is 2. The summed E-state index contributed by atoms with van der Waals surface area (Å²) < 4.78 is 43.2. The smallest absolute Gasteiger partial charge is 0.379 e. The molecule has 2 rings (SSSR count). The molecule has 0 aromatic carbocycles. The fourth-order valence-corrected chi connectivity index (χ4v) is 2.31. The predicted molar refractivity (Wildman–Crippen MR) is 66.7 cm³/mol.